The summed E-state index contributed by atoms with van der Waals surface area (Å²) in [6.07, 6.45) is 1.37. The molecule has 0 unspecified atom stereocenters. The fourth-order valence-electron chi connectivity index (χ4n) is 3.98. The number of fused-ring (bicyclic) bond motifs is 1. The molecular weight excluding hydrogens is 330 g/mol. The van der Waals surface area contributed by atoms with Gasteiger partial charge in [-0.15, -0.1) is 0 Å². The van der Waals surface area contributed by atoms with Crippen LogP contribution in [-0.4, -0.2) is 66.7 Å². The van der Waals surface area contributed by atoms with Gasteiger partial charge in [0.15, 0.2) is 0 Å². The van der Waals surface area contributed by atoms with Crippen molar-refractivity contribution in [3.05, 3.63) is 29.3 Å². The first-order valence-electron chi connectivity index (χ1n) is 8.25. The number of urea groups is 1. The highest BCUT2D eigenvalue weighted by atomic mass is 35.5. The molecule has 1 aromatic carbocycles. The minimum absolute atomic E-state index is 0.0285. The van der Waals surface area contributed by atoms with Crippen LogP contribution in [0.15, 0.2) is 24.3 Å². The highest BCUT2D eigenvalue weighted by Crippen LogP contribution is 2.33. The van der Waals surface area contributed by atoms with Crippen LogP contribution in [0.25, 0.3) is 0 Å². The summed E-state index contributed by atoms with van der Waals surface area (Å²) in [5, 5.41) is 0.702. The molecule has 3 heterocycles. The van der Waals surface area contributed by atoms with Crippen LogP contribution in [0.2, 0.25) is 5.02 Å². The quantitative estimate of drug-likeness (QED) is 0.783. The lowest BCUT2D eigenvalue weighted by Crippen LogP contribution is -2.44. The molecule has 3 aliphatic heterocycles. The van der Waals surface area contributed by atoms with Gasteiger partial charge >= 0.3 is 6.03 Å². The Morgan fingerprint density at radius 3 is 2.58 bits per heavy atom. The maximum Gasteiger partial charge on any atom is 0.327 e. The van der Waals surface area contributed by atoms with Crippen LogP contribution in [0.5, 0.6) is 0 Å². The second-order valence-electron chi connectivity index (χ2n) is 6.62. The normalized spacial score (nSPS) is 29.8. The number of ether oxygens (including phenoxy) is 1. The van der Waals surface area contributed by atoms with Crippen molar-refractivity contribution in [1.82, 2.24) is 9.80 Å². The number of hydrogen-bond donors (Lipinski definition) is 0. The average Bonchev–Trinajstić information content (AvgIpc) is 3.26. The summed E-state index contributed by atoms with van der Waals surface area (Å²) >= 11 is 5.94. The number of nitrogens with zero attached hydrogens (tertiary/aromatic N) is 3. The van der Waals surface area contributed by atoms with Crippen molar-refractivity contribution in [2.24, 2.45) is 0 Å². The van der Waals surface area contributed by atoms with Gasteiger partial charge in [0.25, 0.3) is 5.91 Å². The number of halogens is 1. The van der Waals surface area contributed by atoms with Crippen molar-refractivity contribution in [3.63, 3.8) is 0 Å². The van der Waals surface area contributed by atoms with Crippen LogP contribution < -0.4 is 4.90 Å². The number of hydrogen-bond acceptors (Lipinski definition) is 4. The first-order valence-corrected chi connectivity index (χ1v) is 8.63. The maximum atomic E-state index is 12.7. The van der Waals surface area contributed by atoms with Crippen molar-refractivity contribution in [2.75, 3.05) is 31.6 Å². The number of rotatable bonds is 3. The molecule has 0 spiro atoms. The predicted octanol–water partition coefficient (Wildman–Crippen LogP) is 1.97. The van der Waals surface area contributed by atoms with E-state index in [2.05, 4.69) is 4.90 Å². The molecule has 0 saturated carbocycles. The molecule has 0 radical (unpaired) electrons. The van der Waals surface area contributed by atoms with Crippen molar-refractivity contribution >= 4 is 29.2 Å². The first kappa shape index (κ1) is 15.7. The van der Waals surface area contributed by atoms with Crippen molar-refractivity contribution in [1.29, 1.82) is 0 Å². The highest BCUT2D eigenvalue weighted by Gasteiger charge is 2.53. The summed E-state index contributed by atoms with van der Waals surface area (Å²) in [5.74, 6) is -0.0671. The van der Waals surface area contributed by atoms with Crippen molar-refractivity contribution < 1.29 is 14.3 Å². The second kappa shape index (κ2) is 5.93. The number of imide groups is 1. The molecule has 3 saturated heterocycles. The van der Waals surface area contributed by atoms with Crippen LogP contribution in [0, 0.1) is 0 Å². The minimum Gasteiger partial charge on any atom is -0.380 e. The Hall–Kier alpha value is -1.79. The zero-order valence-electron chi connectivity index (χ0n) is 13.5. The topological polar surface area (TPSA) is 53.1 Å². The zero-order valence-corrected chi connectivity index (χ0v) is 14.3. The number of amides is 3. The molecule has 6 nitrogen and oxygen atoms in total. The van der Waals surface area contributed by atoms with Crippen LogP contribution in [0.3, 0.4) is 0 Å². The van der Waals surface area contributed by atoms with Gasteiger partial charge in [0.05, 0.1) is 12.1 Å². The molecule has 3 amide bonds. The maximum absolute atomic E-state index is 12.7. The molecule has 3 fully saturated rings. The Labute approximate surface area is 145 Å². The molecule has 3 atom stereocenters. The molecule has 0 N–H and O–H groups in total. The Balaban J connectivity index is 1.47. The monoisotopic (exact) mass is 349 g/mol. The molecule has 128 valence electrons. The molecule has 4 rings (SSSR count). The fourth-order valence-corrected chi connectivity index (χ4v) is 4.11. The Kier molecular flexibility index (Phi) is 3.89. The number of carbonyl (C=O) groups excluding carboxylic acids is 2. The van der Waals surface area contributed by atoms with E-state index in [0.29, 0.717) is 24.5 Å². The molecule has 0 bridgehead atoms. The van der Waals surface area contributed by atoms with Gasteiger partial charge < -0.3 is 14.5 Å². The van der Waals surface area contributed by atoms with Crippen LogP contribution in [-0.2, 0) is 9.53 Å². The Morgan fingerprint density at radius 2 is 1.92 bits per heavy atom. The van der Waals surface area contributed by atoms with Gasteiger partial charge in [0, 0.05) is 43.9 Å². The molecule has 1 aromatic rings. The first-order chi connectivity index (χ1) is 11.6. The third-order valence-electron chi connectivity index (χ3n) is 5.29. The molecule has 24 heavy (non-hydrogen) atoms. The standard InChI is InChI=1S/C17H20ClN3O3/c1-24-14-8-15-16(22)21(17(23)20(15)10-14)13-6-7-19(9-13)12-4-2-11(18)3-5-12/h2-5,13-15H,6-10H2,1H3/t13-,14+,15+/m0/s1. The molecule has 0 aromatic heterocycles. The van der Waals surface area contributed by atoms with Gasteiger partial charge in [0.2, 0.25) is 0 Å². The average molecular weight is 350 g/mol. The van der Waals surface area contributed by atoms with E-state index < -0.39 is 0 Å². The van der Waals surface area contributed by atoms with Crippen LogP contribution >= 0.6 is 11.6 Å². The van der Waals surface area contributed by atoms with Gasteiger partial charge in [-0.05, 0) is 30.7 Å². The van der Waals surface area contributed by atoms with Gasteiger partial charge in [-0.25, -0.2) is 4.79 Å². The lowest BCUT2D eigenvalue weighted by atomic mass is 10.1. The largest absolute Gasteiger partial charge is 0.380 e. The molecule has 0 aliphatic carbocycles. The zero-order chi connectivity index (χ0) is 16.8. The summed E-state index contributed by atoms with van der Waals surface area (Å²) in [6.45, 7) is 2.01. The summed E-state index contributed by atoms with van der Waals surface area (Å²) in [7, 11) is 1.63. The van der Waals surface area contributed by atoms with E-state index >= 15 is 0 Å². The molecular formula is C17H20ClN3O3. The van der Waals surface area contributed by atoms with E-state index in [-0.39, 0.29) is 30.1 Å². The van der Waals surface area contributed by atoms with E-state index in [1.54, 1.807) is 12.0 Å². The predicted molar refractivity (Wildman–Crippen MR) is 90.2 cm³/mol. The van der Waals surface area contributed by atoms with Crippen molar-refractivity contribution in [2.45, 2.75) is 31.0 Å². The SMILES string of the molecule is CO[C@@H]1C[C@@H]2C(=O)N([C@H]3CCN(c4ccc(Cl)cc4)C3)C(=O)N2C1. The van der Waals surface area contributed by atoms with Gasteiger partial charge in [0.1, 0.15) is 6.04 Å². The van der Waals surface area contributed by atoms with Gasteiger partial charge in [-0.2, -0.15) is 0 Å². The summed E-state index contributed by atoms with van der Waals surface area (Å²) in [4.78, 5) is 30.7. The summed E-state index contributed by atoms with van der Waals surface area (Å²) in [5.41, 5.74) is 1.07. The van der Waals surface area contributed by atoms with E-state index in [1.165, 1.54) is 4.90 Å². The van der Waals surface area contributed by atoms with E-state index in [0.717, 1.165) is 18.7 Å². The van der Waals surface area contributed by atoms with Crippen LogP contribution in [0.4, 0.5) is 10.5 Å². The van der Waals surface area contributed by atoms with E-state index in [9.17, 15) is 9.59 Å². The fraction of sp³-hybridized carbons (Fsp3) is 0.529. The lowest BCUT2D eigenvalue weighted by Gasteiger charge is -2.24. The summed E-state index contributed by atoms with van der Waals surface area (Å²) in [6, 6.07) is 7.10. The van der Waals surface area contributed by atoms with Gasteiger partial charge in [-0.3, -0.25) is 9.69 Å². The third kappa shape index (κ3) is 2.45. The van der Waals surface area contributed by atoms with E-state index in [1.807, 2.05) is 24.3 Å². The highest BCUT2D eigenvalue weighted by molar-refractivity contribution is 6.30. The number of benzene rings is 1. The van der Waals surface area contributed by atoms with Crippen LogP contribution in [0.1, 0.15) is 12.8 Å². The summed E-state index contributed by atoms with van der Waals surface area (Å²) < 4.78 is 5.31. The van der Waals surface area contributed by atoms with Crippen molar-refractivity contribution in [3.8, 4) is 0 Å². The minimum atomic E-state index is -0.341. The Bertz CT molecular complexity index is 642. The smallest absolute Gasteiger partial charge is 0.327 e. The number of carbonyl (C=O) groups is 2. The number of methoxy groups -OCH3 is 1. The second-order valence-corrected chi connectivity index (χ2v) is 7.05. The third-order valence-corrected chi connectivity index (χ3v) is 5.54. The molecule has 3 aliphatic rings. The molecule has 7 heteroatoms. The van der Waals surface area contributed by atoms with E-state index in [4.69, 9.17) is 16.3 Å². The Morgan fingerprint density at radius 1 is 1.17 bits per heavy atom. The number of anilines is 1. The van der Waals surface area contributed by atoms with Gasteiger partial charge in [-0.1, -0.05) is 11.6 Å². The lowest BCUT2D eigenvalue weighted by molar-refractivity contribution is -0.129.